The molecule has 0 aliphatic carbocycles. The predicted octanol–water partition coefficient (Wildman–Crippen LogP) is 1.10. The summed E-state index contributed by atoms with van der Waals surface area (Å²) in [5.41, 5.74) is 0. The maximum absolute atomic E-state index is 10.6. The zero-order chi connectivity index (χ0) is 8.27. The highest BCUT2D eigenvalue weighted by Crippen LogP contribution is 2.19. The Balaban J connectivity index is 2.18. The Kier molecular flexibility index (Phi) is 2.88. The van der Waals surface area contributed by atoms with E-state index < -0.39 is 0 Å². The Morgan fingerprint density at radius 2 is 2.45 bits per heavy atom. The molecule has 11 heavy (non-hydrogen) atoms. The normalized spacial score (nSPS) is 23.4. The van der Waals surface area contributed by atoms with Gasteiger partial charge in [-0.1, -0.05) is 0 Å². The van der Waals surface area contributed by atoms with Gasteiger partial charge < -0.3 is 4.74 Å². The highest BCUT2D eigenvalue weighted by molar-refractivity contribution is 6.63. The van der Waals surface area contributed by atoms with E-state index in [0.717, 1.165) is 0 Å². The second kappa shape index (κ2) is 3.72. The summed E-state index contributed by atoms with van der Waals surface area (Å²) in [7, 11) is 0. The van der Waals surface area contributed by atoms with Crippen molar-refractivity contribution < 1.29 is 14.3 Å². The molecule has 1 fully saturated rings. The number of esters is 1. The average molecular weight is 177 g/mol. The minimum absolute atomic E-state index is 0.169. The van der Waals surface area contributed by atoms with Gasteiger partial charge >= 0.3 is 5.97 Å². The van der Waals surface area contributed by atoms with Gasteiger partial charge in [0.15, 0.2) is 0 Å². The van der Waals surface area contributed by atoms with Crippen LogP contribution in [0.3, 0.4) is 0 Å². The van der Waals surface area contributed by atoms with Crippen molar-refractivity contribution in [1.82, 2.24) is 0 Å². The van der Waals surface area contributed by atoms with Crippen molar-refractivity contribution in [3.63, 3.8) is 0 Å². The molecule has 1 atom stereocenters. The first kappa shape index (κ1) is 8.53. The lowest BCUT2D eigenvalue weighted by atomic mass is 10.0. The fourth-order valence-corrected chi connectivity index (χ4v) is 1.18. The van der Waals surface area contributed by atoms with Crippen LogP contribution in [0, 0.1) is 5.92 Å². The van der Waals surface area contributed by atoms with Crippen LogP contribution in [0.4, 0.5) is 0 Å². The van der Waals surface area contributed by atoms with Crippen LogP contribution in [0.5, 0.6) is 0 Å². The molecule has 0 radical (unpaired) electrons. The Labute approximate surface area is 69.7 Å². The maximum atomic E-state index is 10.6. The quantitative estimate of drug-likeness (QED) is 0.478. The van der Waals surface area contributed by atoms with E-state index in [1.54, 1.807) is 0 Å². The third-order valence-corrected chi connectivity index (χ3v) is 1.87. The summed E-state index contributed by atoms with van der Waals surface area (Å²) in [6.07, 6.45) is 1.43. The monoisotopic (exact) mass is 176 g/mol. The van der Waals surface area contributed by atoms with E-state index in [1.807, 2.05) is 0 Å². The predicted molar refractivity (Wildman–Crippen MR) is 39.2 cm³/mol. The van der Waals surface area contributed by atoms with Crippen molar-refractivity contribution >= 4 is 22.8 Å². The van der Waals surface area contributed by atoms with E-state index in [0.29, 0.717) is 25.9 Å². The summed E-state index contributed by atoms with van der Waals surface area (Å²) >= 11 is 5.13. The molecule has 4 heteroatoms. The molecule has 0 aromatic rings. The Bertz CT molecular complexity index is 179. The molecule has 0 aromatic carbocycles. The number of hydrogen-bond donors (Lipinski definition) is 0. The SMILES string of the molecule is O=C(Cl)CCC1COC(=O)C1. The van der Waals surface area contributed by atoms with E-state index in [4.69, 9.17) is 16.3 Å². The van der Waals surface area contributed by atoms with Crippen molar-refractivity contribution in [3.05, 3.63) is 0 Å². The molecule has 62 valence electrons. The van der Waals surface area contributed by atoms with E-state index in [1.165, 1.54) is 0 Å². The average Bonchev–Trinajstić information content (AvgIpc) is 2.31. The van der Waals surface area contributed by atoms with Crippen LogP contribution >= 0.6 is 11.6 Å². The van der Waals surface area contributed by atoms with Gasteiger partial charge in [0.05, 0.1) is 13.0 Å². The fraction of sp³-hybridized carbons (Fsp3) is 0.714. The van der Waals surface area contributed by atoms with Crippen LogP contribution in [-0.2, 0) is 14.3 Å². The minimum atomic E-state index is -0.343. The highest BCUT2D eigenvalue weighted by Gasteiger charge is 2.23. The number of hydrogen-bond acceptors (Lipinski definition) is 3. The Hall–Kier alpha value is -0.570. The summed E-state index contributed by atoms with van der Waals surface area (Å²) in [4.78, 5) is 20.9. The van der Waals surface area contributed by atoms with Crippen LogP contribution in [0.15, 0.2) is 0 Å². The number of carbonyl (C=O) groups is 2. The Morgan fingerprint density at radius 1 is 1.73 bits per heavy atom. The van der Waals surface area contributed by atoms with E-state index in [9.17, 15) is 9.59 Å². The second-order valence-electron chi connectivity index (χ2n) is 2.65. The number of rotatable bonds is 3. The van der Waals surface area contributed by atoms with Gasteiger partial charge in [-0.3, -0.25) is 9.59 Å². The topological polar surface area (TPSA) is 43.4 Å². The first-order valence-corrected chi connectivity index (χ1v) is 3.90. The summed E-state index contributed by atoms with van der Waals surface area (Å²) < 4.78 is 4.70. The second-order valence-corrected chi connectivity index (χ2v) is 3.07. The van der Waals surface area contributed by atoms with Gasteiger partial charge in [-0.25, -0.2) is 0 Å². The zero-order valence-corrected chi connectivity index (χ0v) is 6.76. The largest absolute Gasteiger partial charge is 0.465 e. The van der Waals surface area contributed by atoms with Gasteiger partial charge in [-0.15, -0.1) is 0 Å². The minimum Gasteiger partial charge on any atom is -0.465 e. The van der Waals surface area contributed by atoms with Crippen LogP contribution in [0.2, 0.25) is 0 Å². The number of cyclic esters (lactones) is 1. The molecule has 1 rings (SSSR count). The lowest BCUT2D eigenvalue weighted by molar-refractivity contribution is -0.137. The molecular weight excluding hydrogens is 168 g/mol. The number of carbonyl (C=O) groups excluding carboxylic acids is 2. The van der Waals surface area contributed by atoms with Crippen LogP contribution < -0.4 is 0 Å². The number of ether oxygens (including phenoxy) is 1. The summed E-state index contributed by atoms with van der Waals surface area (Å²) in [6.45, 7) is 0.447. The van der Waals surface area contributed by atoms with Crippen molar-refractivity contribution in [2.75, 3.05) is 6.61 Å². The van der Waals surface area contributed by atoms with Gasteiger partial charge in [-0.2, -0.15) is 0 Å². The first-order valence-electron chi connectivity index (χ1n) is 3.52. The molecule has 1 unspecified atom stereocenters. The smallest absolute Gasteiger partial charge is 0.306 e. The first-order chi connectivity index (χ1) is 5.18. The van der Waals surface area contributed by atoms with Crippen molar-refractivity contribution in [3.8, 4) is 0 Å². The zero-order valence-electron chi connectivity index (χ0n) is 6.01. The molecule has 1 heterocycles. The molecule has 1 saturated heterocycles. The van der Waals surface area contributed by atoms with Crippen LogP contribution in [-0.4, -0.2) is 17.8 Å². The molecular formula is C7H9ClO3. The summed E-state index contributed by atoms with van der Waals surface area (Å²) in [6, 6.07) is 0. The van der Waals surface area contributed by atoms with Crippen LogP contribution in [0.1, 0.15) is 19.3 Å². The molecule has 0 N–H and O–H groups in total. The molecule has 0 spiro atoms. The molecule has 0 aromatic heterocycles. The third-order valence-electron chi connectivity index (χ3n) is 1.68. The van der Waals surface area contributed by atoms with Gasteiger partial charge in [0.1, 0.15) is 0 Å². The summed E-state index contributed by atoms with van der Waals surface area (Å²) in [5, 5.41) is -0.343. The van der Waals surface area contributed by atoms with Gasteiger partial charge in [-0.05, 0) is 18.0 Å². The highest BCUT2D eigenvalue weighted by atomic mass is 35.5. The van der Waals surface area contributed by atoms with Crippen molar-refractivity contribution in [1.29, 1.82) is 0 Å². The summed E-state index contributed by atoms with van der Waals surface area (Å²) in [5.74, 6) is 0.0298. The fourth-order valence-electron chi connectivity index (χ4n) is 1.07. The molecule has 0 saturated carbocycles. The molecule has 1 aliphatic rings. The molecule has 0 bridgehead atoms. The van der Waals surface area contributed by atoms with Crippen molar-refractivity contribution in [2.24, 2.45) is 5.92 Å². The van der Waals surface area contributed by atoms with Crippen LogP contribution in [0.25, 0.3) is 0 Å². The Morgan fingerprint density at radius 3 is 2.91 bits per heavy atom. The van der Waals surface area contributed by atoms with Gasteiger partial charge in [0.2, 0.25) is 5.24 Å². The molecule has 0 amide bonds. The standard InChI is InChI=1S/C7H9ClO3/c8-6(9)2-1-5-3-7(10)11-4-5/h5H,1-4H2. The third kappa shape index (κ3) is 2.89. The van der Waals surface area contributed by atoms with Gasteiger partial charge in [0, 0.05) is 12.3 Å². The maximum Gasteiger partial charge on any atom is 0.306 e. The van der Waals surface area contributed by atoms with E-state index in [-0.39, 0.29) is 17.1 Å². The lowest BCUT2D eigenvalue weighted by Crippen LogP contribution is -2.00. The number of halogens is 1. The van der Waals surface area contributed by atoms with Gasteiger partial charge in [0.25, 0.3) is 0 Å². The van der Waals surface area contributed by atoms with E-state index in [2.05, 4.69) is 0 Å². The molecule has 1 aliphatic heterocycles. The molecule has 3 nitrogen and oxygen atoms in total. The van der Waals surface area contributed by atoms with E-state index >= 15 is 0 Å². The lowest BCUT2D eigenvalue weighted by Gasteiger charge is -2.00. The van der Waals surface area contributed by atoms with Crippen molar-refractivity contribution in [2.45, 2.75) is 19.3 Å².